The Kier molecular flexibility index (Phi) is 8.18. The fourth-order valence-electron chi connectivity index (χ4n) is 0.965. The predicted molar refractivity (Wildman–Crippen MR) is 64.4 cm³/mol. The molecule has 0 spiro atoms. The van der Waals surface area contributed by atoms with Gasteiger partial charge in [0.2, 0.25) is 0 Å². The molecule has 15 heavy (non-hydrogen) atoms. The number of rotatable bonds is 7. The summed E-state index contributed by atoms with van der Waals surface area (Å²) in [5, 5.41) is 5.26. The van der Waals surface area contributed by atoms with E-state index in [1.165, 1.54) is 6.92 Å². The topological polar surface area (TPSA) is 58.2 Å². The normalized spacial score (nSPS) is 11.9. The van der Waals surface area contributed by atoms with Crippen LogP contribution in [0.4, 0.5) is 4.79 Å². The number of carbonyl (C=O) groups is 2. The third-order valence-corrected chi connectivity index (χ3v) is 2.39. The molecule has 0 aromatic rings. The van der Waals surface area contributed by atoms with Gasteiger partial charge in [-0.3, -0.25) is 4.79 Å². The summed E-state index contributed by atoms with van der Waals surface area (Å²) in [6, 6.07) is -0.689. The number of Topliss-reactive ketones (excluding diaryl/α,β-unsaturated/α-hetero) is 1. The van der Waals surface area contributed by atoms with Gasteiger partial charge in [0.05, 0.1) is 6.04 Å². The Morgan fingerprint density at radius 1 is 1.27 bits per heavy atom. The van der Waals surface area contributed by atoms with Crippen molar-refractivity contribution in [3.8, 4) is 0 Å². The Morgan fingerprint density at radius 2 is 1.93 bits per heavy atom. The summed E-state index contributed by atoms with van der Waals surface area (Å²) in [5.74, 6) is 0.841. The lowest BCUT2D eigenvalue weighted by atomic mass is 10.2. The molecule has 0 rings (SSSR count). The van der Waals surface area contributed by atoms with E-state index in [2.05, 4.69) is 23.3 Å². The van der Waals surface area contributed by atoms with Gasteiger partial charge in [0.1, 0.15) is 0 Å². The second-order valence-electron chi connectivity index (χ2n) is 3.52. The van der Waals surface area contributed by atoms with Crippen LogP contribution < -0.4 is 10.6 Å². The van der Waals surface area contributed by atoms with Crippen LogP contribution in [0.2, 0.25) is 0 Å². The first-order valence-corrected chi connectivity index (χ1v) is 5.87. The Balaban J connectivity index is 3.45. The highest BCUT2D eigenvalue weighted by Gasteiger charge is 2.09. The maximum Gasteiger partial charge on any atom is 0.315 e. The van der Waals surface area contributed by atoms with E-state index in [9.17, 15) is 9.59 Å². The van der Waals surface area contributed by atoms with Gasteiger partial charge < -0.3 is 10.6 Å². The summed E-state index contributed by atoms with van der Waals surface area (Å²) in [4.78, 5) is 22.0. The number of amides is 2. The van der Waals surface area contributed by atoms with Gasteiger partial charge in [0.15, 0.2) is 5.78 Å². The van der Waals surface area contributed by atoms with Crippen molar-refractivity contribution in [3.05, 3.63) is 0 Å². The third-order valence-electron chi connectivity index (χ3n) is 2.08. The van der Waals surface area contributed by atoms with Crippen molar-refractivity contribution >= 4 is 24.4 Å². The maximum absolute atomic E-state index is 11.2. The third kappa shape index (κ3) is 8.30. The molecule has 2 N–H and O–H groups in total. The van der Waals surface area contributed by atoms with E-state index in [1.54, 1.807) is 6.92 Å². The van der Waals surface area contributed by atoms with Crippen LogP contribution in [0, 0.1) is 0 Å². The number of hydrogen-bond acceptors (Lipinski definition) is 3. The molecule has 0 saturated heterocycles. The van der Waals surface area contributed by atoms with Gasteiger partial charge in [0.25, 0.3) is 0 Å². The minimum absolute atomic E-state index is 0.0415. The van der Waals surface area contributed by atoms with Gasteiger partial charge >= 0.3 is 6.03 Å². The van der Waals surface area contributed by atoms with Crippen molar-refractivity contribution in [2.24, 2.45) is 0 Å². The zero-order valence-electron chi connectivity index (χ0n) is 9.38. The smallest absolute Gasteiger partial charge is 0.315 e. The molecule has 0 aliphatic heterocycles. The largest absolute Gasteiger partial charge is 0.338 e. The van der Waals surface area contributed by atoms with E-state index in [-0.39, 0.29) is 11.8 Å². The molecule has 0 bridgehead atoms. The molecule has 2 amide bonds. The van der Waals surface area contributed by atoms with E-state index in [4.69, 9.17) is 0 Å². The summed E-state index contributed by atoms with van der Waals surface area (Å²) in [6.07, 6.45) is 3.07. The van der Waals surface area contributed by atoms with Gasteiger partial charge in [0, 0.05) is 6.54 Å². The van der Waals surface area contributed by atoms with Crippen molar-refractivity contribution in [2.75, 3.05) is 12.3 Å². The lowest BCUT2D eigenvalue weighted by Gasteiger charge is -2.11. The van der Waals surface area contributed by atoms with Gasteiger partial charge in [-0.2, -0.15) is 12.6 Å². The molecule has 0 radical (unpaired) electrons. The fraction of sp³-hybridized carbons (Fsp3) is 0.800. The van der Waals surface area contributed by atoms with Gasteiger partial charge in [-0.15, -0.1) is 0 Å². The minimum Gasteiger partial charge on any atom is -0.338 e. The van der Waals surface area contributed by atoms with E-state index in [0.717, 1.165) is 25.0 Å². The molecule has 0 aliphatic carbocycles. The molecule has 88 valence electrons. The summed E-state index contributed by atoms with van der Waals surface area (Å²) in [6.45, 7) is 3.77. The van der Waals surface area contributed by atoms with E-state index >= 15 is 0 Å². The van der Waals surface area contributed by atoms with Crippen LogP contribution in [0.25, 0.3) is 0 Å². The van der Waals surface area contributed by atoms with Gasteiger partial charge in [-0.05, 0) is 32.4 Å². The number of carbonyl (C=O) groups excluding carboxylic acids is 2. The molecule has 5 heteroatoms. The highest BCUT2D eigenvalue weighted by molar-refractivity contribution is 7.80. The number of unbranched alkanes of at least 4 members (excludes halogenated alkanes) is 2. The summed E-state index contributed by atoms with van der Waals surface area (Å²) >= 11 is 4.09. The summed E-state index contributed by atoms with van der Waals surface area (Å²) in [5.41, 5.74) is 0. The van der Waals surface area contributed by atoms with Crippen LogP contribution in [-0.2, 0) is 4.79 Å². The summed E-state index contributed by atoms with van der Waals surface area (Å²) in [7, 11) is 0. The zero-order chi connectivity index (χ0) is 11.7. The van der Waals surface area contributed by atoms with Crippen LogP contribution in [0.3, 0.4) is 0 Å². The zero-order valence-corrected chi connectivity index (χ0v) is 10.3. The summed E-state index contributed by atoms with van der Waals surface area (Å²) < 4.78 is 0. The quantitative estimate of drug-likeness (QED) is 0.458. The van der Waals surface area contributed by atoms with E-state index < -0.39 is 6.04 Å². The number of thiol groups is 1. The number of ketones is 1. The van der Waals surface area contributed by atoms with E-state index in [0.29, 0.717) is 6.54 Å². The second-order valence-corrected chi connectivity index (χ2v) is 3.96. The maximum atomic E-state index is 11.2. The molecule has 4 nitrogen and oxygen atoms in total. The molecule has 0 aliphatic rings. The minimum atomic E-state index is -0.414. The first kappa shape index (κ1) is 14.3. The molecular weight excluding hydrogens is 212 g/mol. The van der Waals surface area contributed by atoms with Crippen molar-refractivity contribution in [2.45, 2.75) is 39.2 Å². The van der Waals surface area contributed by atoms with E-state index in [1.807, 2.05) is 0 Å². The standard InChI is InChI=1S/C10H20N2O2S/c1-8(9(2)13)12-10(14)11-6-4-3-5-7-15/h8,15H,3-7H2,1-2H3,(H2,11,12,14)/t8-/m1/s1. The fourth-order valence-corrected chi connectivity index (χ4v) is 1.19. The second kappa shape index (κ2) is 8.59. The van der Waals surface area contributed by atoms with Crippen LogP contribution >= 0.6 is 12.6 Å². The van der Waals surface area contributed by atoms with Gasteiger partial charge in [-0.25, -0.2) is 4.79 Å². The Morgan fingerprint density at radius 3 is 2.47 bits per heavy atom. The number of nitrogens with one attached hydrogen (secondary N) is 2. The lowest BCUT2D eigenvalue weighted by molar-refractivity contribution is -0.118. The highest BCUT2D eigenvalue weighted by atomic mass is 32.1. The average molecular weight is 232 g/mol. The van der Waals surface area contributed by atoms with Crippen LogP contribution in [-0.4, -0.2) is 30.2 Å². The number of hydrogen-bond donors (Lipinski definition) is 3. The van der Waals surface area contributed by atoms with Crippen LogP contribution in [0.1, 0.15) is 33.1 Å². The molecule has 0 saturated carbocycles. The Labute approximate surface area is 96.6 Å². The first-order chi connectivity index (χ1) is 7.07. The number of urea groups is 1. The van der Waals surface area contributed by atoms with Crippen LogP contribution in [0.5, 0.6) is 0 Å². The first-order valence-electron chi connectivity index (χ1n) is 5.23. The molecule has 0 heterocycles. The SMILES string of the molecule is CC(=O)[C@@H](C)NC(=O)NCCCCCS. The molecule has 0 aromatic carbocycles. The van der Waals surface area contributed by atoms with Gasteiger partial charge in [-0.1, -0.05) is 6.42 Å². The monoisotopic (exact) mass is 232 g/mol. The lowest BCUT2D eigenvalue weighted by Crippen LogP contribution is -2.43. The molecule has 0 fully saturated rings. The molecular formula is C10H20N2O2S. The molecule has 0 aromatic heterocycles. The Hall–Kier alpha value is -0.710. The van der Waals surface area contributed by atoms with Crippen molar-refractivity contribution in [3.63, 3.8) is 0 Å². The Bertz CT molecular complexity index is 210. The van der Waals surface area contributed by atoms with Crippen molar-refractivity contribution < 1.29 is 9.59 Å². The highest BCUT2D eigenvalue weighted by Crippen LogP contribution is 1.95. The molecule has 0 unspecified atom stereocenters. The van der Waals surface area contributed by atoms with Crippen molar-refractivity contribution in [1.82, 2.24) is 10.6 Å². The average Bonchev–Trinajstić information content (AvgIpc) is 2.17. The van der Waals surface area contributed by atoms with Crippen LogP contribution in [0.15, 0.2) is 0 Å². The predicted octanol–water partition coefficient (Wildman–Crippen LogP) is 1.36. The van der Waals surface area contributed by atoms with Crippen molar-refractivity contribution in [1.29, 1.82) is 0 Å². The molecule has 1 atom stereocenters.